The highest BCUT2D eigenvalue weighted by molar-refractivity contribution is 7.80. The normalized spacial score (nSPS) is 14.5. The van der Waals surface area contributed by atoms with E-state index in [2.05, 4.69) is 26.2 Å². The van der Waals surface area contributed by atoms with Crippen LogP contribution in [-0.2, 0) is 6.54 Å². The molecular weight excluding hydrogens is 375 g/mol. The van der Waals surface area contributed by atoms with Crippen molar-refractivity contribution in [3.63, 3.8) is 0 Å². The van der Waals surface area contributed by atoms with Gasteiger partial charge in [0.2, 0.25) is 0 Å². The van der Waals surface area contributed by atoms with Crippen LogP contribution in [0.1, 0.15) is 11.3 Å². The summed E-state index contributed by atoms with van der Waals surface area (Å²) in [6, 6.07) is 11.6. The smallest absolute Gasteiger partial charge is 0.169 e. The van der Waals surface area contributed by atoms with E-state index >= 15 is 0 Å². The van der Waals surface area contributed by atoms with Gasteiger partial charge < -0.3 is 15.1 Å². The standard InChI is InChI=1S/C18H20Cl2N4S/c1-13-3-2-4-17(22-13)23-7-9-24(10-8-23)18(25)21-12-14-5-6-15(19)11-16(14)20/h2-6,11H,7-10,12H2,1H3,(H,21,25). The Hall–Kier alpha value is -1.56. The highest BCUT2D eigenvalue weighted by Gasteiger charge is 2.19. The average Bonchev–Trinajstić information content (AvgIpc) is 2.61. The number of nitrogens with zero attached hydrogens (tertiary/aromatic N) is 3. The summed E-state index contributed by atoms with van der Waals surface area (Å²) in [7, 11) is 0. The second-order valence-corrected chi connectivity index (χ2v) is 7.24. The van der Waals surface area contributed by atoms with Gasteiger partial charge in [0.05, 0.1) is 0 Å². The van der Waals surface area contributed by atoms with Crippen LogP contribution in [0.5, 0.6) is 0 Å². The molecule has 3 rings (SSSR count). The molecule has 0 amide bonds. The molecule has 2 aromatic rings. The first kappa shape index (κ1) is 18.2. The zero-order valence-electron chi connectivity index (χ0n) is 14.0. The van der Waals surface area contributed by atoms with Crippen LogP contribution < -0.4 is 10.2 Å². The Morgan fingerprint density at radius 1 is 1.16 bits per heavy atom. The van der Waals surface area contributed by atoms with E-state index in [1.54, 1.807) is 6.07 Å². The highest BCUT2D eigenvalue weighted by atomic mass is 35.5. The van der Waals surface area contributed by atoms with Crippen molar-refractivity contribution in [1.82, 2.24) is 15.2 Å². The molecule has 7 heteroatoms. The SMILES string of the molecule is Cc1cccc(N2CCN(C(=S)NCc3ccc(Cl)cc3Cl)CC2)n1. The number of hydrogen-bond acceptors (Lipinski definition) is 3. The average molecular weight is 395 g/mol. The maximum absolute atomic E-state index is 6.20. The molecule has 2 heterocycles. The van der Waals surface area contributed by atoms with Gasteiger partial charge in [-0.25, -0.2) is 4.98 Å². The van der Waals surface area contributed by atoms with Crippen LogP contribution in [-0.4, -0.2) is 41.2 Å². The van der Waals surface area contributed by atoms with E-state index < -0.39 is 0 Å². The number of anilines is 1. The van der Waals surface area contributed by atoms with Crippen LogP contribution in [0.3, 0.4) is 0 Å². The van der Waals surface area contributed by atoms with Crippen molar-refractivity contribution in [3.05, 3.63) is 57.7 Å². The number of pyridine rings is 1. The van der Waals surface area contributed by atoms with Crippen molar-refractivity contribution in [2.75, 3.05) is 31.1 Å². The lowest BCUT2D eigenvalue weighted by Crippen LogP contribution is -2.51. The quantitative estimate of drug-likeness (QED) is 0.797. The summed E-state index contributed by atoms with van der Waals surface area (Å²) in [5.41, 5.74) is 2.02. The molecule has 132 valence electrons. The predicted octanol–water partition coefficient (Wildman–Crippen LogP) is 3.89. The second kappa shape index (κ2) is 8.21. The van der Waals surface area contributed by atoms with Gasteiger partial charge in [-0.2, -0.15) is 0 Å². The van der Waals surface area contributed by atoms with Crippen LogP contribution >= 0.6 is 35.4 Å². The topological polar surface area (TPSA) is 31.4 Å². The largest absolute Gasteiger partial charge is 0.358 e. The molecule has 4 nitrogen and oxygen atoms in total. The van der Waals surface area contributed by atoms with Crippen LogP contribution in [0.2, 0.25) is 10.0 Å². The van der Waals surface area contributed by atoms with Crippen molar-refractivity contribution in [3.8, 4) is 0 Å². The number of thiocarbonyl (C=S) groups is 1. The van der Waals surface area contributed by atoms with E-state index in [9.17, 15) is 0 Å². The number of aryl methyl sites for hydroxylation is 1. The number of nitrogens with one attached hydrogen (secondary N) is 1. The lowest BCUT2D eigenvalue weighted by atomic mass is 10.2. The van der Waals surface area contributed by atoms with E-state index in [-0.39, 0.29) is 0 Å². The number of hydrogen-bond donors (Lipinski definition) is 1. The van der Waals surface area contributed by atoms with Gasteiger partial charge in [-0.3, -0.25) is 0 Å². The lowest BCUT2D eigenvalue weighted by Gasteiger charge is -2.37. The first-order valence-corrected chi connectivity index (χ1v) is 9.34. The molecular formula is C18H20Cl2N4S. The van der Waals surface area contributed by atoms with Crippen molar-refractivity contribution in [1.29, 1.82) is 0 Å². The molecule has 1 aliphatic heterocycles. The minimum Gasteiger partial charge on any atom is -0.358 e. The van der Waals surface area contributed by atoms with Gasteiger partial charge >= 0.3 is 0 Å². The van der Waals surface area contributed by atoms with Crippen LogP contribution in [0.25, 0.3) is 0 Å². The van der Waals surface area contributed by atoms with Crippen molar-refractivity contribution < 1.29 is 0 Å². The second-order valence-electron chi connectivity index (χ2n) is 6.01. The van der Waals surface area contributed by atoms with E-state index in [0.29, 0.717) is 16.6 Å². The summed E-state index contributed by atoms with van der Waals surface area (Å²) >= 11 is 17.7. The molecule has 0 aliphatic carbocycles. The molecule has 1 N–H and O–H groups in total. The van der Waals surface area contributed by atoms with E-state index in [0.717, 1.165) is 48.4 Å². The number of halogens is 2. The maximum atomic E-state index is 6.20. The molecule has 1 aromatic carbocycles. The van der Waals surface area contributed by atoms with Crippen LogP contribution in [0.15, 0.2) is 36.4 Å². The van der Waals surface area contributed by atoms with Gasteiger partial charge in [-0.1, -0.05) is 35.3 Å². The van der Waals surface area contributed by atoms with E-state index in [4.69, 9.17) is 35.4 Å². The third-order valence-electron chi connectivity index (χ3n) is 4.21. The molecule has 0 atom stereocenters. The fraction of sp³-hybridized carbons (Fsp3) is 0.333. The number of benzene rings is 1. The Bertz CT molecular complexity index is 760. The molecule has 1 saturated heterocycles. The summed E-state index contributed by atoms with van der Waals surface area (Å²) < 4.78 is 0. The Kier molecular flexibility index (Phi) is 5.99. The third kappa shape index (κ3) is 4.75. The Morgan fingerprint density at radius 2 is 1.92 bits per heavy atom. The van der Waals surface area contributed by atoms with Crippen molar-refractivity contribution >= 4 is 46.4 Å². The maximum Gasteiger partial charge on any atom is 0.169 e. The molecule has 25 heavy (non-hydrogen) atoms. The zero-order chi connectivity index (χ0) is 17.8. The molecule has 0 spiro atoms. The minimum absolute atomic E-state index is 0.592. The molecule has 0 saturated carbocycles. The monoisotopic (exact) mass is 394 g/mol. The molecule has 1 aliphatic rings. The van der Waals surface area contributed by atoms with Gasteiger partial charge in [0.1, 0.15) is 5.82 Å². The number of piperazine rings is 1. The molecule has 1 aromatic heterocycles. The van der Waals surface area contributed by atoms with Gasteiger partial charge in [0.25, 0.3) is 0 Å². The molecule has 0 unspecified atom stereocenters. The lowest BCUT2D eigenvalue weighted by molar-refractivity contribution is 0.379. The van der Waals surface area contributed by atoms with Gasteiger partial charge in [0.15, 0.2) is 5.11 Å². The Balaban J connectivity index is 1.51. The van der Waals surface area contributed by atoms with Gasteiger partial charge in [-0.15, -0.1) is 0 Å². The third-order valence-corrected chi connectivity index (χ3v) is 5.20. The Morgan fingerprint density at radius 3 is 2.60 bits per heavy atom. The number of aromatic nitrogens is 1. The van der Waals surface area contributed by atoms with E-state index in [1.807, 2.05) is 31.2 Å². The number of rotatable bonds is 3. The van der Waals surface area contributed by atoms with Crippen LogP contribution in [0, 0.1) is 6.92 Å². The van der Waals surface area contributed by atoms with Crippen molar-refractivity contribution in [2.45, 2.75) is 13.5 Å². The van der Waals surface area contributed by atoms with Gasteiger partial charge in [-0.05, 0) is 49.0 Å². The minimum atomic E-state index is 0.592. The Labute approximate surface area is 163 Å². The summed E-state index contributed by atoms with van der Waals surface area (Å²) in [5.74, 6) is 1.03. The predicted molar refractivity (Wildman–Crippen MR) is 109 cm³/mol. The summed E-state index contributed by atoms with van der Waals surface area (Å²) in [6.45, 7) is 6.15. The van der Waals surface area contributed by atoms with E-state index in [1.165, 1.54) is 0 Å². The van der Waals surface area contributed by atoms with Gasteiger partial charge in [0, 0.05) is 48.5 Å². The summed E-state index contributed by atoms with van der Waals surface area (Å²) in [4.78, 5) is 9.07. The highest BCUT2D eigenvalue weighted by Crippen LogP contribution is 2.21. The summed E-state index contributed by atoms with van der Waals surface area (Å²) in [6.07, 6.45) is 0. The molecule has 1 fully saturated rings. The van der Waals surface area contributed by atoms with Crippen molar-refractivity contribution in [2.24, 2.45) is 0 Å². The molecule has 0 bridgehead atoms. The fourth-order valence-electron chi connectivity index (χ4n) is 2.79. The molecule has 0 radical (unpaired) electrons. The fourth-order valence-corrected chi connectivity index (χ4v) is 3.52. The van der Waals surface area contributed by atoms with Crippen LogP contribution in [0.4, 0.5) is 5.82 Å². The zero-order valence-corrected chi connectivity index (χ0v) is 16.3. The first-order chi connectivity index (χ1) is 12.0. The first-order valence-electron chi connectivity index (χ1n) is 8.18. The summed E-state index contributed by atoms with van der Waals surface area (Å²) in [5, 5.41) is 5.33.